The van der Waals surface area contributed by atoms with Crippen LogP contribution in [0.4, 0.5) is 5.82 Å². The number of amides is 1. The zero-order valence-electron chi connectivity index (χ0n) is 9.56. The number of anilines is 1. The lowest BCUT2D eigenvalue weighted by molar-refractivity contribution is 0.0954. The quantitative estimate of drug-likeness (QED) is 0.817. The minimum absolute atomic E-state index is 0.154. The van der Waals surface area contributed by atoms with Crippen LogP contribution in [0.2, 0.25) is 0 Å². The number of nitrogens with zero attached hydrogens (tertiary/aromatic N) is 1. The van der Waals surface area contributed by atoms with E-state index in [-0.39, 0.29) is 11.7 Å². The first kappa shape index (κ1) is 12.8. The SMILES string of the molecule is CSC(C)CCNC(=O)c1cccnc1N. The molecule has 1 amide bonds. The third-order valence-electron chi connectivity index (χ3n) is 2.32. The van der Waals surface area contributed by atoms with E-state index >= 15 is 0 Å². The maximum absolute atomic E-state index is 11.7. The number of rotatable bonds is 5. The average Bonchev–Trinajstić information content (AvgIpc) is 2.29. The predicted molar refractivity (Wildman–Crippen MR) is 68.6 cm³/mol. The van der Waals surface area contributed by atoms with Crippen molar-refractivity contribution in [2.75, 3.05) is 18.5 Å². The molecule has 3 N–H and O–H groups in total. The van der Waals surface area contributed by atoms with Crippen LogP contribution in [-0.4, -0.2) is 28.9 Å². The van der Waals surface area contributed by atoms with E-state index in [4.69, 9.17) is 5.73 Å². The molecule has 0 fully saturated rings. The molecule has 16 heavy (non-hydrogen) atoms. The van der Waals surface area contributed by atoms with Gasteiger partial charge in [-0.25, -0.2) is 4.98 Å². The maximum atomic E-state index is 11.7. The average molecular weight is 239 g/mol. The Labute approximate surface area is 100 Å². The van der Waals surface area contributed by atoms with E-state index < -0.39 is 0 Å². The maximum Gasteiger partial charge on any atom is 0.255 e. The van der Waals surface area contributed by atoms with Gasteiger partial charge in [-0.15, -0.1) is 0 Å². The van der Waals surface area contributed by atoms with Crippen molar-refractivity contribution in [1.82, 2.24) is 10.3 Å². The highest BCUT2D eigenvalue weighted by molar-refractivity contribution is 7.99. The summed E-state index contributed by atoms with van der Waals surface area (Å²) < 4.78 is 0. The van der Waals surface area contributed by atoms with Crippen molar-refractivity contribution in [3.8, 4) is 0 Å². The highest BCUT2D eigenvalue weighted by atomic mass is 32.2. The normalized spacial score (nSPS) is 12.1. The van der Waals surface area contributed by atoms with E-state index in [1.807, 2.05) is 0 Å². The molecule has 0 saturated carbocycles. The summed E-state index contributed by atoms with van der Waals surface area (Å²) in [5.41, 5.74) is 6.05. The standard InChI is InChI=1S/C11H17N3OS/c1-8(16-2)5-7-14-11(15)9-4-3-6-13-10(9)12/h3-4,6,8H,5,7H2,1-2H3,(H2,12,13)(H,14,15). The Morgan fingerprint density at radius 3 is 3.06 bits per heavy atom. The number of nitrogens with two attached hydrogens (primary N) is 1. The second kappa shape index (κ2) is 6.37. The van der Waals surface area contributed by atoms with Crippen LogP contribution in [-0.2, 0) is 0 Å². The summed E-state index contributed by atoms with van der Waals surface area (Å²) >= 11 is 1.79. The number of hydrogen-bond acceptors (Lipinski definition) is 4. The lowest BCUT2D eigenvalue weighted by atomic mass is 10.2. The Hall–Kier alpha value is -1.23. The Balaban J connectivity index is 2.44. The number of nitrogens with one attached hydrogen (secondary N) is 1. The van der Waals surface area contributed by atoms with Crippen LogP contribution in [0.25, 0.3) is 0 Å². The van der Waals surface area contributed by atoms with Crippen molar-refractivity contribution >= 4 is 23.5 Å². The number of pyridine rings is 1. The van der Waals surface area contributed by atoms with E-state index in [1.54, 1.807) is 30.1 Å². The third-order valence-corrected chi connectivity index (χ3v) is 3.36. The van der Waals surface area contributed by atoms with Gasteiger partial charge in [-0.2, -0.15) is 11.8 Å². The van der Waals surface area contributed by atoms with E-state index in [2.05, 4.69) is 23.5 Å². The van der Waals surface area contributed by atoms with Gasteiger partial charge in [-0.3, -0.25) is 4.79 Å². The lowest BCUT2D eigenvalue weighted by Gasteiger charge is -2.09. The third kappa shape index (κ3) is 3.73. The summed E-state index contributed by atoms with van der Waals surface area (Å²) in [6, 6.07) is 3.38. The van der Waals surface area contributed by atoms with Crippen molar-refractivity contribution in [3.63, 3.8) is 0 Å². The number of nitrogen functional groups attached to an aromatic ring is 1. The van der Waals surface area contributed by atoms with Gasteiger partial charge in [0, 0.05) is 18.0 Å². The first-order valence-corrected chi connectivity index (χ1v) is 6.45. The molecule has 0 aliphatic carbocycles. The molecule has 0 aliphatic heterocycles. The van der Waals surface area contributed by atoms with Crippen molar-refractivity contribution in [3.05, 3.63) is 23.9 Å². The fraction of sp³-hybridized carbons (Fsp3) is 0.455. The van der Waals surface area contributed by atoms with E-state index in [0.717, 1.165) is 6.42 Å². The molecule has 5 heteroatoms. The fourth-order valence-electron chi connectivity index (χ4n) is 1.21. The van der Waals surface area contributed by atoms with E-state index in [9.17, 15) is 4.79 Å². The molecule has 0 bridgehead atoms. The van der Waals surface area contributed by atoms with Gasteiger partial charge in [0.05, 0.1) is 5.56 Å². The molecule has 1 aromatic rings. The van der Waals surface area contributed by atoms with Crippen LogP contribution in [0.3, 0.4) is 0 Å². The van der Waals surface area contributed by atoms with E-state index in [0.29, 0.717) is 17.4 Å². The molecule has 1 heterocycles. The summed E-state index contributed by atoms with van der Waals surface area (Å²) in [4.78, 5) is 15.6. The van der Waals surface area contributed by atoms with Crippen molar-refractivity contribution in [1.29, 1.82) is 0 Å². The topological polar surface area (TPSA) is 68.0 Å². The van der Waals surface area contributed by atoms with Gasteiger partial charge in [0.2, 0.25) is 0 Å². The number of hydrogen-bond donors (Lipinski definition) is 2. The molecular weight excluding hydrogens is 222 g/mol. The molecule has 0 radical (unpaired) electrons. The van der Waals surface area contributed by atoms with Crippen LogP contribution in [0.15, 0.2) is 18.3 Å². The second-order valence-corrected chi connectivity index (χ2v) is 4.80. The molecule has 0 saturated heterocycles. The first-order valence-electron chi connectivity index (χ1n) is 5.16. The Bertz CT molecular complexity index is 357. The minimum atomic E-state index is -0.154. The van der Waals surface area contributed by atoms with Gasteiger partial charge in [0.1, 0.15) is 5.82 Å². The fourth-order valence-corrected chi connectivity index (χ4v) is 1.57. The van der Waals surface area contributed by atoms with Crippen LogP contribution < -0.4 is 11.1 Å². The molecule has 1 rings (SSSR count). The zero-order chi connectivity index (χ0) is 12.0. The number of carbonyl (C=O) groups excluding carboxylic acids is 1. The van der Waals surface area contributed by atoms with Gasteiger partial charge < -0.3 is 11.1 Å². The van der Waals surface area contributed by atoms with Gasteiger partial charge in [-0.05, 0) is 24.8 Å². The lowest BCUT2D eigenvalue weighted by Crippen LogP contribution is -2.27. The summed E-state index contributed by atoms with van der Waals surface area (Å²) in [5.74, 6) is 0.122. The molecule has 0 spiro atoms. The number of carbonyl (C=O) groups is 1. The van der Waals surface area contributed by atoms with Gasteiger partial charge in [0.25, 0.3) is 5.91 Å². The molecule has 0 aliphatic rings. The van der Waals surface area contributed by atoms with Gasteiger partial charge >= 0.3 is 0 Å². The monoisotopic (exact) mass is 239 g/mol. The first-order chi connectivity index (χ1) is 7.65. The highest BCUT2D eigenvalue weighted by Crippen LogP contribution is 2.09. The second-order valence-electron chi connectivity index (χ2n) is 3.53. The summed E-state index contributed by atoms with van der Waals surface area (Å²) in [5, 5.41) is 3.38. The van der Waals surface area contributed by atoms with Crippen molar-refractivity contribution in [2.45, 2.75) is 18.6 Å². The van der Waals surface area contributed by atoms with Crippen LogP contribution in [0, 0.1) is 0 Å². The minimum Gasteiger partial charge on any atom is -0.383 e. The highest BCUT2D eigenvalue weighted by Gasteiger charge is 2.09. The summed E-state index contributed by atoms with van der Waals surface area (Å²) in [6.45, 7) is 2.80. The Morgan fingerprint density at radius 2 is 2.44 bits per heavy atom. The Kier molecular flexibility index (Phi) is 5.11. The summed E-state index contributed by atoms with van der Waals surface area (Å²) in [7, 11) is 0. The molecule has 4 nitrogen and oxygen atoms in total. The van der Waals surface area contributed by atoms with Crippen molar-refractivity contribution in [2.24, 2.45) is 0 Å². The van der Waals surface area contributed by atoms with E-state index in [1.165, 1.54) is 0 Å². The van der Waals surface area contributed by atoms with Gasteiger partial charge in [0.15, 0.2) is 0 Å². The molecule has 1 unspecified atom stereocenters. The van der Waals surface area contributed by atoms with Crippen LogP contribution in [0.1, 0.15) is 23.7 Å². The zero-order valence-corrected chi connectivity index (χ0v) is 10.4. The van der Waals surface area contributed by atoms with Gasteiger partial charge in [-0.1, -0.05) is 6.92 Å². The van der Waals surface area contributed by atoms with Crippen LogP contribution >= 0.6 is 11.8 Å². The smallest absolute Gasteiger partial charge is 0.255 e. The summed E-state index contributed by atoms with van der Waals surface area (Å²) in [6.07, 6.45) is 4.58. The predicted octanol–water partition coefficient (Wildman–Crippen LogP) is 1.54. The number of thioether (sulfide) groups is 1. The molecular formula is C11H17N3OS. The molecule has 1 atom stereocenters. The molecule has 1 aromatic heterocycles. The largest absolute Gasteiger partial charge is 0.383 e. The number of aromatic nitrogens is 1. The van der Waals surface area contributed by atoms with Crippen LogP contribution in [0.5, 0.6) is 0 Å². The molecule has 88 valence electrons. The molecule has 0 aromatic carbocycles. The van der Waals surface area contributed by atoms with Crippen molar-refractivity contribution < 1.29 is 4.79 Å². The Morgan fingerprint density at radius 1 is 1.69 bits per heavy atom.